The van der Waals surface area contributed by atoms with Gasteiger partial charge < -0.3 is 4.74 Å². The predicted molar refractivity (Wildman–Crippen MR) is 46.7 cm³/mol. The molecule has 1 rings (SSSR count). The fourth-order valence-corrected chi connectivity index (χ4v) is 1.38. The van der Waals surface area contributed by atoms with Crippen LogP contribution in [0.5, 0.6) is 0 Å². The van der Waals surface area contributed by atoms with Gasteiger partial charge in [-0.1, -0.05) is 22.4 Å². The molecular formula is C8H13BrO2. The summed E-state index contributed by atoms with van der Waals surface area (Å²) in [6, 6.07) is 0. The summed E-state index contributed by atoms with van der Waals surface area (Å²) in [5.41, 5.74) is -0.151. The van der Waals surface area contributed by atoms with Crippen molar-refractivity contribution < 1.29 is 9.53 Å². The Balaban J connectivity index is 2.28. The number of carbonyl (C=O) groups is 1. The highest BCUT2D eigenvalue weighted by atomic mass is 79.9. The maximum absolute atomic E-state index is 11.3. The van der Waals surface area contributed by atoms with E-state index in [2.05, 4.69) is 15.9 Å². The number of alkyl halides is 1. The van der Waals surface area contributed by atoms with Crippen molar-refractivity contribution in [3.8, 4) is 0 Å². The average molecular weight is 221 g/mol. The van der Waals surface area contributed by atoms with Crippen LogP contribution in [0.15, 0.2) is 0 Å². The lowest BCUT2D eigenvalue weighted by Crippen LogP contribution is -2.36. The molecule has 1 aliphatic carbocycles. The molecule has 2 nitrogen and oxygen atoms in total. The molecule has 64 valence electrons. The summed E-state index contributed by atoms with van der Waals surface area (Å²) in [5.74, 6) is -0.0248. The highest BCUT2D eigenvalue weighted by Crippen LogP contribution is 2.41. The first-order valence-corrected chi connectivity index (χ1v) is 5.04. The highest BCUT2D eigenvalue weighted by molar-refractivity contribution is 9.09. The Kier molecular flexibility index (Phi) is 2.93. The molecule has 0 bridgehead atoms. The Morgan fingerprint density at radius 1 is 1.64 bits per heavy atom. The summed E-state index contributed by atoms with van der Waals surface area (Å²) in [4.78, 5) is 11.3. The molecule has 3 heteroatoms. The molecule has 11 heavy (non-hydrogen) atoms. The van der Waals surface area contributed by atoms with Gasteiger partial charge in [-0.05, 0) is 19.8 Å². The molecule has 0 radical (unpaired) electrons. The van der Waals surface area contributed by atoms with Crippen LogP contribution in [0.3, 0.4) is 0 Å². The molecule has 1 fully saturated rings. The number of hydrogen-bond acceptors (Lipinski definition) is 2. The van der Waals surface area contributed by atoms with Crippen LogP contribution in [0, 0.1) is 5.41 Å². The van der Waals surface area contributed by atoms with Crippen LogP contribution in [-0.4, -0.2) is 17.9 Å². The summed E-state index contributed by atoms with van der Waals surface area (Å²) in [5, 5.41) is 0.731. The Morgan fingerprint density at radius 2 is 2.27 bits per heavy atom. The van der Waals surface area contributed by atoms with Crippen molar-refractivity contribution in [3.05, 3.63) is 0 Å². The number of esters is 1. The third-order valence-corrected chi connectivity index (χ3v) is 2.58. The van der Waals surface area contributed by atoms with Crippen LogP contribution in [0.2, 0.25) is 0 Å². The Labute approximate surface area is 75.4 Å². The van der Waals surface area contributed by atoms with E-state index in [9.17, 15) is 4.79 Å². The predicted octanol–water partition coefficient (Wildman–Crippen LogP) is 2.11. The standard InChI is InChI=1S/C8H13BrO2/c1-8(3-2-4-8)7(10)11-6-5-9/h2-6H2,1H3. The Morgan fingerprint density at radius 3 is 2.64 bits per heavy atom. The van der Waals surface area contributed by atoms with E-state index in [1.807, 2.05) is 6.92 Å². The first-order valence-electron chi connectivity index (χ1n) is 3.92. The largest absolute Gasteiger partial charge is 0.464 e. The van der Waals surface area contributed by atoms with Gasteiger partial charge in [0.15, 0.2) is 0 Å². The van der Waals surface area contributed by atoms with Crippen molar-refractivity contribution in [1.29, 1.82) is 0 Å². The van der Waals surface area contributed by atoms with E-state index in [4.69, 9.17) is 4.74 Å². The molecule has 0 unspecified atom stereocenters. The van der Waals surface area contributed by atoms with Gasteiger partial charge in [0.25, 0.3) is 0 Å². The topological polar surface area (TPSA) is 26.3 Å². The van der Waals surface area contributed by atoms with E-state index in [0.717, 1.165) is 18.2 Å². The van der Waals surface area contributed by atoms with Crippen LogP contribution in [-0.2, 0) is 9.53 Å². The Hall–Kier alpha value is -0.0500. The number of ether oxygens (including phenoxy) is 1. The molecule has 0 heterocycles. The zero-order valence-electron chi connectivity index (χ0n) is 6.73. The van der Waals surface area contributed by atoms with E-state index in [1.165, 1.54) is 6.42 Å². The van der Waals surface area contributed by atoms with E-state index in [-0.39, 0.29) is 11.4 Å². The summed E-state index contributed by atoms with van der Waals surface area (Å²) >= 11 is 3.21. The summed E-state index contributed by atoms with van der Waals surface area (Å²) in [7, 11) is 0. The molecule has 0 spiro atoms. The first kappa shape index (κ1) is 9.04. The molecule has 1 saturated carbocycles. The fraction of sp³-hybridized carbons (Fsp3) is 0.875. The minimum Gasteiger partial charge on any atom is -0.464 e. The maximum atomic E-state index is 11.3. The van der Waals surface area contributed by atoms with E-state index in [0.29, 0.717) is 6.61 Å². The second-order valence-electron chi connectivity index (χ2n) is 3.24. The van der Waals surface area contributed by atoms with Crippen molar-refractivity contribution in [2.45, 2.75) is 26.2 Å². The van der Waals surface area contributed by atoms with Crippen molar-refractivity contribution >= 4 is 21.9 Å². The van der Waals surface area contributed by atoms with Crippen LogP contribution in [0.4, 0.5) is 0 Å². The van der Waals surface area contributed by atoms with Crippen molar-refractivity contribution in [2.75, 3.05) is 11.9 Å². The fourth-order valence-electron chi connectivity index (χ4n) is 1.22. The molecular weight excluding hydrogens is 208 g/mol. The van der Waals surface area contributed by atoms with Gasteiger partial charge in [-0.3, -0.25) is 4.79 Å². The minimum absolute atomic E-state index is 0.0248. The number of halogens is 1. The normalized spacial score (nSPS) is 20.5. The van der Waals surface area contributed by atoms with Gasteiger partial charge in [0.2, 0.25) is 0 Å². The van der Waals surface area contributed by atoms with Crippen LogP contribution < -0.4 is 0 Å². The molecule has 0 aliphatic heterocycles. The van der Waals surface area contributed by atoms with E-state index < -0.39 is 0 Å². The second-order valence-corrected chi connectivity index (χ2v) is 4.03. The SMILES string of the molecule is CC1(C(=O)OCCBr)CCC1. The Bertz CT molecular complexity index is 152. The van der Waals surface area contributed by atoms with Crippen molar-refractivity contribution in [1.82, 2.24) is 0 Å². The third kappa shape index (κ3) is 1.95. The summed E-state index contributed by atoms with van der Waals surface area (Å²) in [6.07, 6.45) is 3.15. The molecule has 0 atom stereocenters. The number of hydrogen-bond donors (Lipinski definition) is 0. The lowest BCUT2D eigenvalue weighted by atomic mass is 9.70. The van der Waals surface area contributed by atoms with E-state index in [1.54, 1.807) is 0 Å². The van der Waals surface area contributed by atoms with Gasteiger partial charge in [0.1, 0.15) is 6.61 Å². The molecule has 0 N–H and O–H groups in total. The van der Waals surface area contributed by atoms with Crippen molar-refractivity contribution in [2.24, 2.45) is 5.41 Å². The molecule has 0 aromatic rings. The van der Waals surface area contributed by atoms with Gasteiger partial charge in [-0.25, -0.2) is 0 Å². The molecule has 1 aliphatic rings. The van der Waals surface area contributed by atoms with Gasteiger partial charge in [0.05, 0.1) is 5.41 Å². The number of rotatable bonds is 3. The first-order chi connectivity index (χ1) is 5.19. The molecule has 0 amide bonds. The highest BCUT2D eigenvalue weighted by Gasteiger charge is 2.40. The summed E-state index contributed by atoms with van der Waals surface area (Å²) < 4.78 is 5.01. The van der Waals surface area contributed by atoms with Gasteiger partial charge in [0, 0.05) is 5.33 Å². The smallest absolute Gasteiger partial charge is 0.311 e. The monoisotopic (exact) mass is 220 g/mol. The molecule has 0 saturated heterocycles. The van der Waals surface area contributed by atoms with Crippen molar-refractivity contribution in [3.63, 3.8) is 0 Å². The van der Waals surface area contributed by atoms with Gasteiger partial charge in [-0.15, -0.1) is 0 Å². The third-order valence-electron chi connectivity index (χ3n) is 2.26. The summed E-state index contributed by atoms with van der Waals surface area (Å²) in [6.45, 7) is 2.47. The van der Waals surface area contributed by atoms with E-state index >= 15 is 0 Å². The van der Waals surface area contributed by atoms with Gasteiger partial charge >= 0.3 is 5.97 Å². The quantitative estimate of drug-likeness (QED) is 0.539. The zero-order valence-corrected chi connectivity index (χ0v) is 8.32. The van der Waals surface area contributed by atoms with Crippen LogP contribution >= 0.6 is 15.9 Å². The van der Waals surface area contributed by atoms with Crippen LogP contribution in [0.25, 0.3) is 0 Å². The zero-order chi connectivity index (χ0) is 8.32. The van der Waals surface area contributed by atoms with Crippen LogP contribution in [0.1, 0.15) is 26.2 Å². The lowest BCUT2D eigenvalue weighted by molar-refractivity contribution is -0.159. The second kappa shape index (κ2) is 3.57. The minimum atomic E-state index is -0.151. The molecule has 0 aromatic carbocycles. The van der Waals surface area contributed by atoms with Gasteiger partial charge in [-0.2, -0.15) is 0 Å². The lowest BCUT2D eigenvalue weighted by Gasteiger charge is -2.35. The average Bonchev–Trinajstić information content (AvgIpc) is 1.95. The number of carbonyl (C=O) groups excluding carboxylic acids is 1. The maximum Gasteiger partial charge on any atom is 0.311 e. The molecule has 0 aromatic heterocycles.